The first kappa shape index (κ1) is 25.6. The van der Waals surface area contributed by atoms with E-state index >= 15 is 0 Å². The lowest BCUT2D eigenvalue weighted by atomic mass is 10.00. The van der Waals surface area contributed by atoms with Crippen LogP contribution in [-0.4, -0.2) is 28.3 Å². The SMILES string of the molecule is CCc1cc(C)cc(CC)c1NC(=O)NCc1ccnc(C)c1.O=C1CNC=C1c1cccnc1. The van der Waals surface area contributed by atoms with E-state index in [-0.39, 0.29) is 11.8 Å². The van der Waals surface area contributed by atoms with Crippen molar-refractivity contribution in [3.63, 3.8) is 0 Å². The number of amides is 2. The quantitative estimate of drug-likeness (QED) is 0.483. The summed E-state index contributed by atoms with van der Waals surface area (Å²) in [4.78, 5) is 31.6. The molecule has 0 unspecified atom stereocenters. The zero-order valence-corrected chi connectivity index (χ0v) is 20.8. The number of pyridine rings is 2. The molecule has 0 fully saturated rings. The van der Waals surface area contributed by atoms with Crippen LogP contribution in [0.2, 0.25) is 0 Å². The molecule has 7 nitrogen and oxygen atoms in total. The summed E-state index contributed by atoms with van der Waals surface area (Å²) in [7, 11) is 0. The van der Waals surface area contributed by atoms with Crippen LogP contribution >= 0.6 is 0 Å². The van der Waals surface area contributed by atoms with Crippen LogP contribution in [0.15, 0.2) is 61.2 Å². The van der Waals surface area contributed by atoms with Gasteiger partial charge >= 0.3 is 6.03 Å². The lowest BCUT2D eigenvalue weighted by Crippen LogP contribution is -2.29. The molecule has 7 heteroatoms. The van der Waals surface area contributed by atoms with Crippen LogP contribution in [0.4, 0.5) is 10.5 Å². The standard InChI is InChI=1S/C19H25N3O.C9H8N2O/c1-5-16-9-13(3)10-17(6-2)18(16)22-19(23)21-12-15-7-8-20-14(4)11-15;12-9-6-11-5-8(9)7-2-1-3-10-4-7/h7-11H,5-6,12H2,1-4H3,(H2,21,22,23);1-5,11H,6H2. The van der Waals surface area contributed by atoms with Crippen molar-refractivity contribution < 1.29 is 9.59 Å². The van der Waals surface area contributed by atoms with Gasteiger partial charge in [-0.2, -0.15) is 0 Å². The van der Waals surface area contributed by atoms with Gasteiger partial charge in [-0.3, -0.25) is 14.8 Å². The topological polar surface area (TPSA) is 96.0 Å². The maximum atomic E-state index is 12.3. The van der Waals surface area contributed by atoms with Crippen LogP contribution in [0.5, 0.6) is 0 Å². The van der Waals surface area contributed by atoms with Crippen molar-refractivity contribution in [2.75, 3.05) is 11.9 Å². The van der Waals surface area contributed by atoms with Gasteiger partial charge in [-0.05, 0) is 61.6 Å². The van der Waals surface area contributed by atoms with Crippen LogP contribution in [-0.2, 0) is 24.2 Å². The van der Waals surface area contributed by atoms with E-state index in [2.05, 4.69) is 58.8 Å². The highest BCUT2D eigenvalue weighted by molar-refractivity contribution is 6.23. The Morgan fingerprint density at radius 3 is 2.37 bits per heavy atom. The first-order valence-electron chi connectivity index (χ1n) is 11.9. The average Bonchev–Trinajstić information content (AvgIpc) is 3.30. The number of urea groups is 1. The molecule has 0 spiro atoms. The largest absolute Gasteiger partial charge is 0.383 e. The molecular weight excluding hydrogens is 438 g/mol. The second-order valence-corrected chi connectivity index (χ2v) is 8.38. The van der Waals surface area contributed by atoms with Gasteiger partial charge in [0.05, 0.1) is 6.54 Å². The summed E-state index contributed by atoms with van der Waals surface area (Å²) < 4.78 is 0. The molecule has 0 saturated heterocycles. The Bertz CT molecular complexity index is 1180. The third kappa shape index (κ3) is 7.24. The monoisotopic (exact) mass is 471 g/mol. The van der Waals surface area contributed by atoms with Gasteiger partial charge in [-0.15, -0.1) is 0 Å². The number of hydrogen-bond acceptors (Lipinski definition) is 5. The van der Waals surface area contributed by atoms with E-state index in [1.807, 2.05) is 31.2 Å². The molecule has 4 rings (SSSR count). The fourth-order valence-electron chi connectivity index (χ4n) is 3.90. The normalized spacial score (nSPS) is 12.2. The van der Waals surface area contributed by atoms with E-state index < -0.39 is 0 Å². The molecule has 0 aliphatic carbocycles. The Kier molecular flexibility index (Phi) is 9.12. The molecule has 182 valence electrons. The molecule has 0 bridgehead atoms. The molecule has 3 heterocycles. The lowest BCUT2D eigenvalue weighted by Gasteiger charge is -2.16. The molecule has 35 heavy (non-hydrogen) atoms. The van der Waals surface area contributed by atoms with E-state index in [4.69, 9.17) is 0 Å². The zero-order chi connectivity index (χ0) is 25.2. The number of nitrogens with one attached hydrogen (secondary N) is 3. The highest BCUT2D eigenvalue weighted by atomic mass is 16.2. The van der Waals surface area contributed by atoms with Crippen LogP contribution in [0, 0.1) is 13.8 Å². The molecule has 0 saturated carbocycles. The third-order valence-corrected chi connectivity index (χ3v) is 5.64. The molecule has 0 radical (unpaired) electrons. The van der Waals surface area contributed by atoms with Crippen molar-refractivity contribution in [1.29, 1.82) is 0 Å². The first-order chi connectivity index (χ1) is 16.9. The molecule has 2 amide bonds. The number of ketones is 1. The van der Waals surface area contributed by atoms with E-state index in [1.54, 1.807) is 24.8 Å². The van der Waals surface area contributed by atoms with E-state index in [0.29, 0.717) is 13.1 Å². The second-order valence-electron chi connectivity index (χ2n) is 8.38. The summed E-state index contributed by atoms with van der Waals surface area (Å²) in [6, 6.07) is 11.7. The summed E-state index contributed by atoms with van der Waals surface area (Å²) in [5.74, 6) is 0.128. The third-order valence-electron chi connectivity index (χ3n) is 5.64. The van der Waals surface area contributed by atoms with Gasteiger partial charge in [0, 0.05) is 53.9 Å². The van der Waals surface area contributed by atoms with Crippen molar-refractivity contribution in [2.24, 2.45) is 0 Å². The van der Waals surface area contributed by atoms with Crippen LogP contribution in [0.25, 0.3) is 5.57 Å². The van der Waals surface area contributed by atoms with Crippen molar-refractivity contribution in [2.45, 2.75) is 47.1 Å². The number of Topliss-reactive ketones (excluding diaryl/α,β-unsaturated/α-hetero) is 1. The first-order valence-corrected chi connectivity index (χ1v) is 11.9. The Labute approximate surface area is 207 Å². The maximum absolute atomic E-state index is 12.3. The molecule has 0 atom stereocenters. The zero-order valence-electron chi connectivity index (χ0n) is 20.8. The smallest absolute Gasteiger partial charge is 0.319 e. The number of carbonyl (C=O) groups excluding carboxylic acids is 2. The van der Waals surface area contributed by atoms with Crippen molar-refractivity contribution in [3.8, 4) is 0 Å². The summed E-state index contributed by atoms with van der Waals surface area (Å²) in [5.41, 5.74) is 8.14. The Hall–Kier alpha value is -4.00. The number of rotatable bonds is 6. The molecule has 2 aromatic heterocycles. The highest BCUT2D eigenvalue weighted by Gasteiger charge is 2.16. The maximum Gasteiger partial charge on any atom is 0.319 e. The Morgan fingerprint density at radius 2 is 1.80 bits per heavy atom. The number of carbonyl (C=O) groups is 2. The number of anilines is 1. The van der Waals surface area contributed by atoms with Gasteiger partial charge in [0.15, 0.2) is 5.78 Å². The summed E-state index contributed by atoms with van der Waals surface area (Å²) >= 11 is 0. The minimum atomic E-state index is -0.173. The Morgan fingerprint density at radius 1 is 1.06 bits per heavy atom. The van der Waals surface area contributed by atoms with Gasteiger partial charge < -0.3 is 16.0 Å². The van der Waals surface area contributed by atoms with E-state index in [9.17, 15) is 9.59 Å². The number of aryl methyl sites for hydroxylation is 4. The average molecular weight is 472 g/mol. The van der Waals surface area contributed by atoms with Crippen LogP contribution in [0.3, 0.4) is 0 Å². The number of hydrogen-bond donors (Lipinski definition) is 3. The van der Waals surface area contributed by atoms with Crippen LogP contribution in [0.1, 0.15) is 47.4 Å². The molecule has 1 aromatic carbocycles. The van der Waals surface area contributed by atoms with Gasteiger partial charge in [-0.25, -0.2) is 4.79 Å². The molecule has 3 aromatic rings. The molecular formula is C28H33N5O2. The van der Waals surface area contributed by atoms with Crippen molar-refractivity contribution >= 4 is 23.1 Å². The van der Waals surface area contributed by atoms with Gasteiger partial charge in [0.25, 0.3) is 0 Å². The van der Waals surface area contributed by atoms with Crippen molar-refractivity contribution in [1.82, 2.24) is 20.6 Å². The number of aromatic nitrogens is 2. The van der Waals surface area contributed by atoms with Crippen molar-refractivity contribution in [3.05, 3.63) is 94.7 Å². The summed E-state index contributed by atoms with van der Waals surface area (Å²) in [6.45, 7) is 9.15. The fourth-order valence-corrected chi connectivity index (χ4v) is 3.90. The Balaban J connectivity index is 0.000000237. The summed E-state index contributed by atoms with van der Waals surface area (Å²) in [6.07, 6.45) is 8.67. The minimum Gasteiger partial charge on any atom is -0.383 e. The summed E-state index contributed by atoms with van der Waals surface area (Å²) in [5, 5.41) is 8.82. The van der Waals surface area contributed by atoms with Gasteiger partial charge in [0.2, 0.25) is 0 Å². The number of nitrogens with zero attached hydrogens (tertiary/aromatic N) is 2. The fraction of sp³-hybridized carbons (Fsp3) is 0.286. The van der Waals surface area contributed by atoms with E-state index in [1.165, 1.54) is 16.7 Å². The predicted molar refractivity (Wildman–Crippen MR) is 140 cm³/mol. The van der Waals surface area contributed by atoms with E-state index in [0.717, 1.165) is 40.9 Å². The van der Waals surface area contributed by atoms with Crippen LogP contribution < -0.4 is 16.0 Å². The second kappa shape index (κ2) is 12.5. The molecule has 1 aliphatic rings. The molecule has 1 aliphatic heterocycles. The molecule has 3 N–H and O–H groups in total. The van der Waals surface area contributed by atoms with Gasteiger partial charge in [-0.1, -0.05) is 37.6 Å². The lowest BCUT2D eigenvalue weighted by molar-refractivity contribution is -0.112. The minimum absolute atomic E-state index is 0.128. The highest BCUT2D eigenvalue weighted by Crippen LogP contribution is 2.24. The number of benzene rings is 1. The predicted octanol–water partition coefficient (Wildman–Crippen LogP) is 4.74. The van der Waals surface area contributed by atoms with Gasteiger partial charge in [0.1, 0.15) is 0 Å².